The molecule has 1 saturated heterocycles. The van der Waals surface area contributed by atoms with Gasteiger partial charge in [-0.2, -0.15) is 0 Å². The number of aliphatic hydroxyl groups is 1. The second kappa shape index (κ2) is 4.90. The number of nitrogen functional groups attached to an aromatic ring is 1. The molecular formula is C12H18N2O4S. The van der Waals surface area contributed by atoms with Crippen LogP contribution in [0.15, 0.2) is 0 Å². The first-order chi connectivity index (χ1) is 8.89. The number of nitrogens with two attached hydrogens (primary N) is 1. The number of ether oxygens (including phenoxy) is 2. The Bertz CT molecular complexity index is 498. The van der Waals surface area contributed by atoms with Gasteiger partial charge in [0.05, 0.1) is 19.8 Å². The van der Waals surface area contributed by atoms with Crippen LogP contribution in [0.5, 0.6) is 5.75 Å². The minimum Gasteiger partial charge on any atom is -0.492 e. The molecule has 2 heterocycles. The van der Waals surface area contributed by atoms with Gasteiger partial charge in [0.1, 0.15) is 15.6 Å². The van der Waals surface area contributed by atoms with Crippen LogP contribution in [-0.2, 0) is 4.74 Å². The Kier molecular flexibility index (Phi) is 3.60. The van der Waals surface area contributed by atoms with E-state index in [2.05, 4.69) is 0 Å². The molecule has 1 aromatic heterocycles. The molecule has 1 aliphatic rings. The molecule has 19 heavy (non-hydrogen) atoms. The maximum absolute atomic E-state index is 11.6. The van der Waals surface area contributed by atoms with Crippen LogP contribution in [0.2, 0.25) is 0 Å². The highest BCUT2D eigenvalue weighted by Gasteiger charge is 2.35. The predicted octanol–water partition coefficient (Wildman–Crippen LogP) is 1.09. The van der Waals surface area contributed by atoms with Crippen molar-refractivity contribution in [2.45, 2.75) is 18.9 Å². The van der Waals surface area contributed by atoms with Gasteiger partial charge in [-0.05, 0) is 13.3 Å². The summed E-state index contributed by atoms with van der Waals surface area (Å²) in [6.07, 6.45) is 0.668. The summed E-state index contributed by atoms with van der Waals surface area (Å²) in [5.41, 5.74) is 5.49. The quantitative estimate of drug-likeness (QED) is 0.809. The summed E-state index contributed by atoms with van der Waals surface area (Å²) in [6, 6.07) is 0. The lowest BCUT2D eigenvalue weighted by molar-refractivity contribution is 0.0607. The van der Waals surface area contributed by atoms with E-state index in [-0.39, 0.29) is 0 Å². The summed E-state index contributed by atoms with van der Waals surface area (Å²) >= 11 is 1.23. The van der Waals surface area contributed by atoms with Crippen molar-refractivity contribution in [1.29, 1.82) is 0 Å². The third-order valence-corrected chi connectivity index (χ3v) is 4.42. The Hall–Kier alpha value is -1.47. The van der Waals surface area contributed by atoms with Gasteiger partial charge in [-0.25, -0.2) is 4.79 Å². The van der Waals surface area contributed by atoms with Crippen molar-refractivity contribution < 1.29 is 19.4 Å². The van der Waals surface area contributed by atoms with Crippen molar-refractivity contribution in [2.75, 3.05) is 37.9 Å². The highest BCUT2D eigenvalue weighted by molar-refractivity contribution is 7.19. The van der Waals surface area contributed by atoms with E-state index in [1.165, 1.54) is 25.6 Å². The molecule has 0 amide bonds. The molecule has 0 spiro atoms. The fraction of sp³-hybridized carbons (Fsp3) is 0.583. The number of esters is 1. The van der Waals surface area contributed by atoms with E-state index >= 15 is 0 Å². The molecule has 106 valence electrons. The van der Waals surface area contributed by atoms with Crippen LogP contribution in [0.3, 0.4) is 0 Å². The maximum Gasteiger partial charge on any atom is 0.350 e. The molecular weight excluding hydrogens is 268 g/mol. The maximum atomic E-state index is 11.6. The molecule has 0 aliphatic carbocycles. The lowest BCUT2D eigenvalue weighted by Crippen LogP contribution is -2.29. The highest BCUT2D eigenvalue weighted by Crippen LogP contribution is 2.46. The first kappa shape index (κ1) is 14.0. The van der Waals surface area contributed by atoms with Gasteiger partial charge in [0.2, 0.25) is 0 Å². The van der Waals surface area contributed by atoms with Crippen molar-refractivity contribution in [1.82, 2.24) is 0 Å². The average molecular weight is 286 g/mol. The summed E-state index contributed by atoms with van der Waals surface area (Å²) in [7, 11) is 2.82. The zero-order valence-electron chi connectivity index (χ0n) is 11.2. The zero-order valence-corrected chi connectivity index (χ0v) is 12.0. The first-order valence-electron chi connectivity index (χ1n) is 5.91. The van der Waals surface area contributed by atoms with Gasteiger partial charge in [-0.3, -0.25) is 0 Å². The van der Waals surface area contributed by atoms with E-state index < -0.39 is 11.6 Å². The molecule has 1 aromatic rings. The Morgan fingerprint density at radius 2 is 2.21 bits per heavy atom. The van der Waals surface area contributed by atoms with E-state index in [9.17, 15) is 9.90 Å². The van der Waals surface area contributed by atoms with Crippen LogP contribution in [0, 0.1) is 0 Å². The second-order valence-corrected chi connectivity index (χ2v) is 5.84. The lowest BCUT2D eigenvalue weighted by atomic mass is 10.1. The van der Waals surface area contributed by atoms with Crippen molar-refractivity contribution in [3.8, 4) is 5.75 Å². The number of hydrogen-bond donors (Lipinski definition) is 2. The van der Waals surface area contributed by atoms with Crippen LogP contribution in [-0.4, -0.2) is 44.0 Å². The number of rotatable bonds is 3. The van der Waals surface area contributed by atoms with Gasteiger partial charge < -0.3 is 25.2 Å². The molecule has 1 unspecified atom stereocenters. The van der Waals surface area contributed by atoms with Gasteiger partial charge in [-0.1, -0.05) is 0 Å². The number of β-amino-alcohol motifs (C(OH)–C–C–N with tert-alkyl or cyclic N) is 1. The van der Waals surface area contributed by atoms with Gasteiger partial charge in [0.25, 0.3) is 0 Å². The average Bonchev–Trinajstić information content (AvgIpc) is 2.88. The Labute approximate surface area is 115 Å². The smallest absolute Gasteiger partial charge is 0.350 e. The molecule has 0 aromatic carbocycles. The molecule has 0 bridgehead atoms. The van der Waals surface area contributed by atoms with Gasteiger partial charge in [0, 0.05) is 13.1 Å². The van der Waals surface area contributed by atoms with Crippen LogP contribution in [0.1, 0.15) is 23.0 Å². The number of carbonyl (C=O) groups is 1. The molecule has 0 saturated carbocycles. The molecule has 7 heteroatoms. The minimum atomic E-state index is -0.727. The molecule has 1 fully saturated rings. The fourth-order valence-electron chi connectivity index (χ4n) is 2.18. The second-order valence-electron chi connectivity index (χ2n) is 4.84. The van der Waals surface area contributed by atoms with Gasteiger partial charge >= 0.3 is 5.97 Å². The number of hydrogen-bond acceptors (Lipinski definition) is 7. The van der Waals surface area contributed by atoms with Crippen molar-refractivity contribution in [2.24, 2.45) is 0 Å². The van der Waals surface area contributed by atoms with Gasteiger partial charge in [-0.15, -0.1) is 11.3 Å². The monoisotopic (exact) mass is 286 g/mol. The van der Waals surface area contributed by atoms with E-state index in [0.29, 0.717) is 35.8 Å². The van der Waals surface area contributed by atoms with E-state index in [1.54, 1.807) is 6.92 Å². The first-order valence-corrected chi connectivity index (χ1v) is 6.73. The standard InChI is InChI=1S/C12H18N2O4S/c1-12(16)4-5-14(6-12)10-8(17-2)7(13)9(19-10)11(15)18-3/h16H,4-6,13H2,1-3H3. The Balaban J connectivity index is 2.38. The summed E-state index contributed by atoms with van der Waals surface area (Å²) in [5.74, 6) is 0.00103. The molecule has 2 rings (SSSR count). The number of carbonyl (C=O) groups excluding carboxylic acids is 1. The normalized spacial score (nSPS) is 22.6. The van der Waals surface area contributed by atoms with Crippen LogP contribution >= 0.6 is 11.3 Å². The summed E-state index contributed by atoms with van der Waals surface area (Å²) < 4.78 is 9.99. The molecule has 1 atom stereocenters. The third kappa shape index (κ3) is 2.48. The largest absolute Gasteiger partial charge is 0.492 e. The van der Waals surface area contributed by atoms with E-state index in [0.717, 1.165) is 5.00 Å². The topological polar surface area (TPSA) is 85.0 Å². The van der Waals surface area contributed by atoms with Crippen LogP contribution in [0.4, 0.5) is 10.7 Å². The lowest BCUT2D eigenvalue weighted by Gasteiger charge is -2.20. The zero-order chi connectivity index (χ0) is 14.2. The van der Waals surface area contributed by atoms with E-state index in [4.69, 9.17) is 15.2 Å². The summed E-state index contributed by atoms with van der Waals surface area (Å²) in [5, 5.41) is 10.8. The van der Waals surface area contributed by atoms with E-state index in [1.807, 2.05) is 4.90 Å². The molecule has 6 nitrogen and oxygen atoms in total. The van der Waals surface area contributed by atoms with Crippen molar-refractivity contribution >= 4 is 28.0 Å². The van der Waals surface area contributed by atoms with Crippen molar-refractivity contribution in [3.63, 3.8) is 0 Å². The Morgan fingerprint density at radius 1 is 1.53 bits per heavy atom. The summed E-state index contributed by atoms with van der Waals surface area (Å²) in [4.78, 5) is 14.0. The Morgan fingerprint density at radius 3 is 2.68 bits per heavy atom. The minimum absolute atomic E-state index is 0.292. The van der Waals surface area contributed by atoms with Crippen molar-refractivity contribution in [3.05, 3.63) is 4.88 Å². The third-order valence-electron chi connectivity index (χ3n) is 3.20. The fourth-order valence-corrected chi connectivity index (χ4v) is 3.32. The predicted molar refractivity (Wildman–Crippen MR) is 74.1 cm³/mol. The van der Waals surface area contributed by atoms with Crippen LogP contribution in [0.25, 0.3) is 0 Å². The van der Waals surface area contributed by atoms with Gasteiger partial charge in [0.15, 0.2) is 5.75 Å². The number of methoxy groups -OCH3 is 2. The summed E-state index contributed by atoms with van der Waals surface area (Å²) in [6.45, 7) is 2.98. The SMILES string of the molecule is COC(=O)c1sc(N2CCC(C)(O)C2)c(OC)c1N. The molecule has 3 N–H and O–H groups in total. The highest BCUT2D eigenvalue weighted by atomic mass is 32.1. The van der Waals surface area contributed by atoms with Crippen LogP contribution < -0.4 is 15.4 Å². The number of nitrogens with zero attached hydrogens (tertiary/aromatic N) is 1. The molecule has 1 aliphatic heterocycles. The number of anilines is 2. The molecule has 0 radical (unpaired) electrons. The number of thiophene rings is 1.